The number of amides is 3. The van der Waals surface area contributed by atoms with E-state index in [0.29, 0.717) is 31.6 Å². The van der Waals surface area contributed by atoms with Crippen LogP contribution in [-0.2, 0) is 14.3 Å². The molecule has 1 unspecified atom stereocenters. The first-order chi connectivity index (χ1) is 14.4. The summed E-state index contributed by atoms with van der Waals surface area (Å²) in [5.41, 5.74) is 1.07. The van der Waals surface area contributed by atoms with E-state index in [1.54, 1.807) is 17.0 Å². The van der Waals surface area contributed by atoms with E-state index in [9.17, 15) is 14.4 Å². The molecule has 158 valence electrons. The molecule has 1 aromatic heterocycles. The van der Waals surface area contributed by atoms with Gasteiger partial charge in [-0.2, -0.15) is 0 Å². The number of ether oxygens (including phenoxy) is 1. The van der Waals surface area contributed by atoms with Crippen LogP contribution in [0.1, 0.15) is 19.8 Å². The molecule has 0 bridgehead atoms. The van der Waals surface area contributed by atoms with Crippen LogP contribution in [0.2, 0.25) is 5.15 Å². The molecule has 1 fully saturated rings. The van der Waals surface area contributed by atoms with Crippen LogP contribution in [0.4, 0.5) is 16.2 Å². The highest BCUT2D eigenvalue weighted by atomic mass is 35.5. The van der Waals surface area contributed by atoms with Crippen molar-refractivity contribution in [3.05, 3.63) is 53.8 Å². The van der Waals surface area contributed by atoms with Gasteiger partial charge in [0.15, 0.2) is 11.3 Å². The Balaban J connectivity index is 1.45. The first-order valence-corrected chi connectivity index (χ1v) is 10.0. The molecule has 0 spiro atoms. The van der Waals surface area contributed by atoms with Crippen molar-refractivity contribution in [3.8, 4) is 0 Å². The summed E-state index contributed by atoms with van der Waals surface area (Å²) in [7, 11) is 0. The lowest BCUT2D eigenvalue weighted by molar-refractivity contribution is -0.158. The van der Waals surface area contributed by atoms with Gasteiger partial charge in [-0.05, 0) is 44.0 Å². The van der Waals surface area contributed by atoms with Crippen molar-refractivity contribution < 1.29 is 19.1 Å². The third-order valence-corrected chi connectivity index (χ3v) is 5.12. The fraction of sp³-hybridized carbons (Fsp3) is 0.333. The first-order valence-electron chi connectivity index (χ1n) is 9.67. The van der Waals surface area contributed by atoms with Crippen LogP contribution < -0.4 is 10.6 Å². The molecule has 1 saturated heterocycles. The van der Waals surface area contributed by atoms with Crippen molar-refractivity contribution in [2.24, 2.45) is 5.92 Å². The lowest BCUT2D eigenvalue weighted by atomic mass is 9.97. The maximum atomic E-state index is 12.4. The minimum Gasteiger partial charge on any atom is -0.452 e. The highest BCUT2D eigenvalue weighted by molar-refractivity contribution is 6.32. The molecule has 1 aliphatic heterocycles. The Morgan fingerprint density at radius 1 is 1.10 bits per heavy atom. The van der Waals surface area contributed by atoms with Crippen LogP contribution in [0.25, 0.3) is 0 Å². The molecular weight excluding hydrogens is 408 g/mol. The van der Waals surface area contributed by atoms with Crippen molar-refractivity contribution >= 4 is 40.9 Å². The molecule has 9 heteroatoms. The number of carbonyl (C=O) groups excluding carboxylic acids is 3. The lowest BCUT2D eigenvalue weighted by Crippen LogP contribution is -2.43. The largest absolute Gasteiger partial charge is 0.452 e. The van der Waals surface area contributed by atoms with Crippen LogP contribution in [0.15, 0.2) is 48.7 Å². The maximum Gasteiger partial charge on any atom is 0.321 e. The van der Waals surface area contributed by atoms with Crippen molar-refractivity contribution in [2.45, 2.75) is 25.9 Å². The molecule has 3 amide bonds. The molecule has 0 saturated carbocycles. The maximum absolute atomic E-state index is 12.4. The smallest absolute Gasteiger partial charge is 0.321 e. The third kappa shape index (κ3) is 5.70. The summed E-state index contributed by atoms with van der Waals surface area (Å²) in [5.74, 6) is -1.29. The number of nitrogens with zero attached hydrogens (tertiary/aromatic N) is 2. The molecule has 2 N–H and O–H groups in total. The van der Waals surface area contributed by atoms with E-state index >= 15 is 0 Å². The molecular formula is C21H23ClN4O4. The van der Waals surface area contributed by atoms with Gasteiger partial charge >= 0.3 is 12.0 Å². The van der Waals surface area contributed by atoms with E-state index in [4.69, 9.17) is 16.3 Å². The Labute approximate surface area is 179 Å². The van der Waals surface area contributed by atoms with Crippen molar-refractivity contribution in [2.75, 3.05) is 23.7 Å². The average molecular weight is 431 g/mol. The van der Waals surface area contributed by atoms with Gasteiger partial charge in [-0.15, -0.1) is 0 Å². The van der Waals surface area contributed by atoms with Gasteiger partial charge in [0.05, 0.1) is 11.6 Å². The average Bonchev–Trinajstić information content (AvgIpc) is 2.76. The number of carbonyl (C=O) groups is 3. The van der Waals surface area contributed by atoms with Crippen LogP contribution in [0.5, 0.6) is 0 Å². The molecule has 2 heterocycles. The van der Waals surface area contributed by atoms with Gasteiger partial charge in [0.1, 0.15) is 0 Å². The minimum absolute atomic E-state index is 0.158. The van der Waals surface area contributed by atoms with E-state index in [2.05, 4.69) is 15.6 Å². The van der Waals surface area contributed by atoms with Gasteiger partial charge in [0.2, 0.25) is 0 Å². The summed E-state index contributed by atoms with van der Waals surface area (Å²) in [5, 5.41) is 5.58. The zero-order valence-electron chi connectivity index (χ0n) is 16.5. The molecule has 1 aliphatic rings. The number of anilines is 2. The number of pyridine rings is 1. The highest BCUT2D eigenvalue weighted by Crippen LogP contribution is 2.21. The Bertz CT molecular complexity index is 901. The predicted molar refractivity (Wildman–Crippen MR) is 113 cm³/mol. The monoisotopic (exact) mass is 430 g/mol. The zero-order valence-corrected chi connectivity index (χ0v) is 17.3. The minimum atomic E-state index is -0.979. The number of aromatic nitrogens is 1. The van der Waals surface area contributed by atoms with Gasteiger partial charge in [-0.1, -0.05) is 29.8 Å². The summed E-state index contributed by atoms with van der Waals surface area (Å²) in [4.78, 5) is 42.6. The normalized spacial score (nSPS) is 15.2. The number of esters is 1. The molecule has 3 rings (SSSR count). The topological polar surface area (TPSA) is 101 Å². The predicted octanol–water partition coefficient (Wildman–Crippen LogP) is 3.55. The highest BCUT2D eigenvalue weighted by Gasteiger charge is 2.30. The molecule has 30 heavy (non-hydrogen) atoms. The van der Waals surface area contributed by atoms with Crippen molar-refractivity contribution in [3.63, 3.8) is 0 Å². The Morgan fingerprint density at radius 3 is 2.47 bits per heavy atom. The number of para-hydroxylation sites is 1. The molecule has 1 atom stereocenters. The van der Waals surface area contributed by atoms with Gasteiger partial charge in [-0.3, -0.25) is 9.59 Å². The number of halogens is 1. The summed E-state index contributed by atoms with van der Waals surface area (Å²) < 4.78 is 5.32. The van der Waals surface area contributed by atoms with Crippen LogP contribution in [0, 0.1) is 5.92 Å². The number of rotatable bonds is 5. The van der Waals surface area contributed by atoms with Crippen molar-refractivity contribution in [1.82, 2.24) is 9.88 Å². The van der Waals surface area contributed by atoms with E-state index in [0.717, 1.165) is 5.69 Å². The standard InChI is InChI=1S/C21H23ClN4O4/c1-14(19(27)25-17-8-5-11-23-18(17)22)30-20(28)15-9-12-26(13-10-15)21(29)24-16-6-3-2-4-7-16/h2-8,11,14-15H,9-10,12-13H2,1H3,(H,24,29)(H,25,27). The fourth-order valence-electron chi connectivity index (χ4n) is 3.08. The second-order valence-corrected chi connectivity index (χ2v) is 7.33. The van der Waals surface area contributed by atoms with Gasteiger partial charge in [0, 0.05) is 25.0 Å². The number of hydrogen-bond donors (Lipinski definition) is 2. The Hall–Kier alpha value is -3.13. The number of urea groups is 1. The molecule has 0 aliphatic carbocycles. The molecule has 1 aromatic carbocycles. The number of likely N-dealkylation sites (tertiary alicyclic amines) is 1. The first kappa shape index (κ1) is 21.6. The quantitative estimate of drug-likeness (QED) is 0.558. The summed E-state index contributed by atoms with van der Waals surface area (Å²) in [6.07, 6.45) is 1.48. The van der Waals surface area contributed by atoms with Gasteiger partial charge < -0.3 is 20.3 Å². The SMILES string of the molecule is CC(OC(=O)C1CCN(C(=O)Nc2ccccc2)CC1)C(=O)Nc1cccnc1Cl. The van der Waals surface area contributed by atoms with E-state index in [1.165, 1.54) is 13.1 Å². The van der Waals surface area contributed by atoms with E-state index in [1.807, 2.05) is 30.3 Å². The second-order valence-electron chi connectivity index (χ2n) is 6.97. The number of hydrogen-bond acceptors (Lipinski definition) is 5. The summed E-state index contributed by atoms with van der Waals surface area (Å²) >= 11 is 5.92. The third-order valence-electron chi connectivity index (χ3n) is 4.82. The lowest BCUT2D eigenvalue weighted by Gasteiger charge is -2.31. The van der Waals surface area contributed by atoms with Crippen molar-refractivity contribution in [1.29, 1.82) is 0 Å². The second kappa shape index (κ2) is 10.1. The van der Waals surface area contributed by atoms with Gasteiger partial charge in [0.25, 0.3) is 5.91 Å². The molecule has 0 radical (unpaired) electrons. The van der Waals surface area contributed by atoms with Crippen LogP contribution >= 0.6 is 11.6 Å². The van der Waals surface area contributed by atoms with Crippen LogP contribution in [-0.4, -0.2) is 47.0 Å². The Kier molecular flexibility index (Phi) is 7.24. The fourth-order valence-corrected chi connectivity index (χ4v) is 3.25. The van der Waals surface area contributed by atoms with E-state index < -0.39 is 18.0 Å². The zero-order chi connectivity index (χ0) is 21.5. The summed E-state index contributed by atoms with van der Waals surface area (Å²) in [6, 6.07) is 12.2. The number of piperidine rings is 1. The van der Waals surface area contributed by atoms with Crippen LogP contribution in [0.3, 0.4) is 0 Å². The number of benzene rings is 1. The van der Waals surface area contributed by atoms with E-state index in [-0.39, 0.29) is 17.1 Å². The van der Waals surface area contributed by atoms with Gasteiger partial charge in [-0.25, -0.2) is 9.78 Å². The number of nitrogens with one attached hydrogen (secondary N) is 2. The Morgan fingerprint density at radius 2 is 1.80 bits per heavy atom. The molecule has 2 aromatic rings. The summed E-state index contributed by atoms with van der Waals surface area (Å²) in [6.45, 7) is 2.37. The molecule has 8 nitrogen and oxygen atoms in total.